The van der Waals surface area contributed by atoms with E-state index in [-0.39, 0.29) is 6.61 Å². The quantitative estimate of drug-likeness (QED) is 0.477. The summed E-state index contributed by atoms with van der Waals surface area (Å²) in [5, 5.41) is 8.57. The van der Waals surface area contributed by atoms with Crippen molar-refractivity contribution in [3.63, 3.8) is 0 Å². The highest BCUT2D eigenvalue weighted by atomic mass is 16.3. The monoisotopic (exact) mass is 148 g/mol. The molecule has 0 heterocycles. The van der Waals surface area contributed by atoms with E-state index in [9.17, 15) is 0 Å². The molecule has 0 radical (unpaired) electrons. The van der Waals surface area contributed by atoms with Gasteiger partial charge in [0.25, 0.3) is 0 Å². The molecule has 0 saturated heterocycles. The number of hydrogen-bond donors (Lipinski definition) is 1. The van der Waals surface area contributed by atoms with Crippen molar-refractivity contribution in [1.29, 1.82) is 0 Å². The minimum atomic E-state index is -0.0297. The van der Waals surface area contributed by atoms with Gasteiger partial charge in [-0.2, -0.15) is 0 Å². The molecule has 0 fully saturated rings. The Morgan fingerprint density at radius 2 is 2.27 bits per heavy atom. The molecule has 0 amide bonds. The number of aliphatic hydroxyl groups is 1. The highest BCUT2D eigenvalue weighted by molar-refractivity contribution is 5.38. The molecule has 1 N–H and O–H groups in total. The van der Waals surface area contributed by atoms with E-state index in [1.807, 2.05) is 13.0 Å². The molecule has 0 aromatic rings. The minimum Gasteiger partial charge on any atom is -0.392 e. The van der Waals surface area contributed by atoms with Crippen molar-refractivity contribution < 1.29 is 5.11 Å². The van der Waals surface area contributed by atoms with Crippen LogP contribution in [0.2, 0.25) is 0 Å². The van der Waals surface area contributed by atoms with Crippen molar-refractivity contribution in [3.8, 4) is 12.3 Å². The van der Waals surface area contributed by atoms with Crippen molar-refractivity contribution in [1.82, 2.24) is 0 Å². The lowest BCUT2D eigenvalue weighted by molar-refractivity contribution is 0.335. The Labute approximate surface area is 67.7 Å². The first-order chi connectivity index (χ1) is 5.24. The van der Waals surface area contributed by atoms with Crippen LogP contribution in [0.1, 0.15) is 6.92 Å². The predicted molar refractivity (Wildman–Crippen MR) is 48.0 cm³/mol. The van der Waals surface area contributed by atoms with Crippen LogP contribution in [0, 0.1) is 12.3 Å². The SMILES string of the molecule is C#CC(/C=C\C(=C)CO)=C/C. The Kier molecular flexibility index (Phi) is 4.89. The minimum absolute atomic E-state index is 0.0297. The molecule has 0 aliphatic heterocycles. The average molecular weight is 148 g/mol. The molecule has 0 aliphatic rings. The second kappa shape index (κ2) is 5.52. The molecule has 11 heavy (non-hydrogen) atoms. The molecule has 0 aliphatic carbocycles. The predicted octanol–water partition coefficient (Wildman–Crippen LogP) is 1.67. The molecule has 58 valence electrons. The smallest absolute Gasteiger partial charge is 0.0676 e. The van der Waals surface area contributed by atoms with Gasteiger partial charge in [-0.25, -0.2) is 0 Å². The molecule has 0 aromatic heterocycles. The van der Waals surface area contributed by atoms with E-state index < -0.39 is 0 Å². The molecule has 0 bridgehead atoms. The van der Waals surface area contributed by atoms with Crippen molar-refractivity contribution in [2.45, 2.75) is 6.92 Å². The topological polar surface area (TPSA) is 20.2 Å². The van der Waals surface area contributed by atoms with Crippen LogP contribution in [0.25, 0.3) is 0 Å². The van der Waals surface area contributed by atoms with Crippen LogP contribution in [-0.2, 0) is 0 Å². The Hall–Kier alpha value is -1.26. The summed E-state index contributed by atoms with van der Waals surface area (Å²) in [5.74, 6) is 2.48. The lowest BCUT2D eigenvalue weighted by Gasteiger charge is -1.90. The van der Waals surface area contributed by atoms with E-state index in [1.54, 1.807) is 12.2 Å². The third-order valence-corrected chi connectivity index (χ3v) is 1.18. The van der Waals surface area contributed by atoms with Crippen molar-refractivity contribution in [2.75, 3.05) is 6.61 Å². The Bertz CT molecular complexity index is 226. The van der Waals surface area contributed by atoms with Gasteiger partial charge in [-0.3, -0.25) is 0 Å². The molecule has 1 heteroatoms. The second-order valence-corrected chi connectivity index (χ2v) is 2.04. The van der Waals surface area contributed by atoms with Gasteiger partial charge in [-0.05, 0) is 18.6 Å². The maximum absolute atomic E-state index is 8.57. The molecule has 0 rings (SSSR count). The number of hydrogen-bond acceptors (Lipinski definition) is 1. The third kappa shape index (κ3) is 4.19. The zero-order valence-electron chi connectivity index (χ0n) is 6.67. The number of terminal acetylenes is 1. The summed E-state index contributed by atoms with van der Waals surface area (Å²) in [6, 6.07) is 0. The number of allylic oxidation sites excluding steroid dienone is 3. The van der Waals surface area contributed by atoms with Crippen LogP contribution < -0.4 is 0 Å². The van der Waals surface area contributed by atoms with E-state index in [0.29, 0.717) is 5.57 Å². The van der Waals surface area contributed by atoms with Crippen LogP contribution in [0.3, 0.4) is 0 Å². The van der Waals surface area contributed by atoms with Crippen LogP contribution in [0.15, 0.2) is 36.0 Å². The van der Waals surface area contributed by atoms with Gasteiger partial charge in [0.05, 0.1) is 6.61 Å². The molecule has 0 atom stereocenters. The Morgan fingerprint density at radius 1 is 1.64 bits per heavy atom. The maximum Gasteiger partial charge on any atom is 0.0676 e. The first-order valence-corrected chi connectivity index (χ1v) is 3.34. The summed E-state index contributed by atoms with van der Waals surface area (Å²) >= 11 is 0. The largest absolute Gasteiger partial charge is 0.392 e. The second-order valence-electron chi connectivity index (χ2n) is 2.04. The standard InChI is InChI=1S/C10H12O/c1-4-10(5-2)7-6-9(3)8-11/h1,5-7,11H,3,8H2,2H3/b7-6-,10-5-. The van der Waals surface area contributed by atoms with E-state index in [2.05, 4.69) is 12.5 Å². The summed E-state index contributed by atoms with van der Waals surface area (Å²) < 4.78 is 0. The summed E-state index contributed by atoms with van der Waals surface area (Å²) in [7, 11) is 0. The normalized spacial score (nSPS) is 11.5. The van der Waals surface area contributed by atoms with Gasteiger partial charge in [0.15, 0.2) is 0 Å². The molecule has 0 unspecified atom stereocenters. The summed E-state index contributed by atoms with van der Waals surface area (Å²) in [6.45, 7) is 5.41. The van der Waals surface area contributed by atoms with Crippen molar-refractivity contribution in [2.24, 2.45) is 0 Å². The number of rotatable bonds is 3. The van der Waals surface area contributed by atoms with Gasteiger partial charge in [-0.1, -0.05) is 24.7 Å². The first-order valence-electron chi connectivity index (χ1n) is 3.34. The van der Waals surface area contributed by atoms with Gasteiger partial charge in [0.1, 0.15) is 0 Å². The van der Waals surface area contributed by atoms with Gasteiger partial charge >= 0.3 is 0 Å². The van der Waals surface area contributed by atoms with Gasteiger partial charge < -0.3 is 5.11 Å². The molecule has 0 spiro atoms. The average Bonchev–Trinajstić information content (AvgIpc) is 2.06. The first kappa shape index (κ1) is 9.74. The Morgan fingerprint density at radius 3 is 2.64 bits per heavy atom. The van der Waals surface area contributed by atoms with Gasteiger partial charge in [-0.15, -0.1) is 6.42 Å². The summed E-state index contributed by atoms with van der Waals surface area (Å²) in [4.78, 5) is 0. The van der Waals surface area contributed by atoms with Crippen LogP contribution in [0.5, 0.6) is 0 Å². The molecule has 0 saturated carbocycles. The van der Waals surface area contributed by atoms with Crippen LogP contribution in [0.4, 0.5) is 0 Å². The summed E-state index contributed by atoms with van der Waals surface area (Å²) in [5.41, 5.74) is 1.44. The highest BCUT2D eigenvalue weighted by Crippen LogP contribution is 1.97. The fourth-order valence-corrected chi connectivity index (χ4v) is 0.488. The molecular formula is C10H12O. The third-order valence-electron chi connectivity index (χ3n) is 1.18. The van der Waals surface area contributed by atoms with Crippen LogP contribution in [-0.4, -0.2) is 11.7 Å². The summed E-state index contributed by atoms with van der Waals surface area (Å²) in [6.07, 6.45) is 10.4. The van der Waals surface area contributed by atoms with Gasteiger partial charge in [0.2, 0.25) is 0 Å². The zero-order chi connectivity index (χ0) is 8.69. The van der Waals surface area contributed by atoms with E-state index in [4.69, 9.17) is 11.5 Å². The molecular weight excluding hydrogens is 136 g/mol. The fraction of sp³-hybridized carbons (Fsp3) is 0.200. The zero-order valence-corrected chi connectivity index (χ0v) is 6.67. The molecule has 0 aromatic carbocycles. The van der Waals surface area contributed by atoms with Crippen molar-refractivity contribution in [3.05, 3.63) is 36.0 Å². The fourth-order valence-electron chi connectivity index (χ4n) is 0.488. The van der Waals surface area contributed by atoms with Crippen LogP contribution >= 0.6 is 0 Å². The van der Waals surface area contributed by atoms with Gasteiger partial charge in [0, 0.05) is 5.57 Å². The number of aliphatic hydroxyl groups excluding tert-OH is 1. The highest BCUT2D eigenvalue weighted by Gasteiger charge is 1.84. The van der Waals surface area contributed by atoms with Crippen molar-refractivity contribution >= 4 is 0 Å². The van der Waals surface area contributed by atoms with E-state index >= 15 is 0 Å². The van der Waals surface area contributed by atoms with E-state index in [0.717, 1.165) is 5.57 Å². The maximum atomic E-state index is 8.57. The lowest BCUT2D eigenvalue weighted by atomic mass is 10.2. The Balaban J connectivity index is 4.15. The van der Waals surface area contributed by atoms with E-state index in [1.165, 1.54) is 0 Å². The molecule has 1 nitrogen and oxygen atoms in total. The lowest BCUT2D eigenvalue weighted by Crippen LogP contribution is -1.82.